The topological polar surface area (TPSA) is 179 Å². The van der Waals surface area contributed by atoms with Crippen LogP contribution in [0.3, 0.4) is 0 Å². The summed E-state index contributed by atoms with van der Waals surface area (Å²) in [4.78, 5) is 0.207. The zero-order valence-electron chi connectivity index (χ0n) is 20.8. The van der Waals surface area contributed by atoms with E-state index in [0.29, 0.717) is 0 Å². The average Bonchev–Trinajstić information content (AvgIpc) is 2.80. The quantitative estimate of drug-likeness (QED) is 0.196. The standard InChI is InChI=1S/C23H37N3O9S/c1-12-9-22(29,11-26-10-13-5-7-14(8-6-13)36(4,31)32)23(30)21(33-12)34-20-18(28)15(24-2)17(27)16(25-3)19(20)35-23/h5-8,12,15-21,24-30H,9-11H2,1-4H3. The molecule has 1 aliphatic carbocycles. The Morgan fingerprint density at radius 1 is 1.00 bits per heavy atom. The van der Waals surface area contributed by atoms with E-state index in [9.17, 15) is 28.8 Å². The Hall–Kier alpha value is -1.23. The molecule has 10 unspecified atom stereocenters. The van der Waals surface area contributed by atoms with Gasteiger partial charge in [0.25, 0.3) is 0 Å². The zero-order chi connectivity index (χ0) is 26.5. The van der Waals surface area contributed by atoms with Crippen molar-refractivity contribution in [1.82, 2.24) is 16.0 Å². The number of nitrogens with one attached hydrogen (secondary N) is 3. The molecule has 2 aliphatic heterocycles. The summed E-state index contributed by atoms with van der Waals surface area (Å²) >= 11 is 0. The van der Waals surface area contributed by atoms with Crippen LogP contribution < -0.4 is 16.0 Å². The van der Waals surface area contributed by atoms with E-state index in [1.165, 1.54) is 12.1 Å². The van der Waals surface area contributed by atoms with Gasteiger partial charge in [-0.3, -0.25) is 0 Å². The Labute approximate surface area is 210 Å². The number of fused-ring (bicyclic) bond motifs is 2. The van der Waals surface area contributed by atoms with Crippen molar-refractivity contribution in [3.8, 4) is 0 Å². The van der Waals surface area contributed by atoms with Crippen LogP contribution in [0.25, 0.3) is 0 Å². The molecule has 0 spiro atoms. The molecule has 7 N–H and O–H groups in total. The molecule has 0 amide bonds. The number of ether oxygens (including phenoxy) is 3. The van der Waals surface area contributed by atoms with Crippen molar-refractivity contribution >= 4 is 9.84 Å². The van der Waals surface area contributed by atoms with Crippen LogP contribution in [0.5, 0.6) is 0 Å². The van der Waals surface area contributed by atoms with Crippen LogP contribution in [0.4, 0.5) is 0 Å². The molecule has 0 bridgehead atoms. The second-order valence-corrected chi connectivity index (χ2v) is 12.0. The summed E-state index contributed by atoms with van der Waals surface area (Å²) in [5, 5.41) is 53.9. The molecule has 12 nitrogen and oxygen atoms in total. The van der Waals surface area contributed by atoms with Crippen molar-refractivity contribution in [3.05, 3.63) is 29.8 Å². The van der Waals surface area contributed by atoms with Gasteiger partial charge >= 0.3 is 0 Å². The summed E-state index contributed by atoms with van der Waals surface area (Å²) in [5.74, 6) is -2.30. The monoisotopic (exact) mass is 531 g/mol. The fourth-order valence-electron chi connectivity index (χ4n) is 5.50. The lowest BCUT2D eigenvalue weighted by Crippen LogP contribution is -2.81. The van der Waals surface area contributed by atoms with Crippen LogP contribution in [0.15, 0.2) is 29.2 Å². The van der Waals surface area contributed by atoms with Gasteiger partial charge in [0.05, 0.1) is 29.2 Å². The predicted molar refractivity (Wildman–Crippen MR) is 128 cm³/mol. The Balaban J connectivity index is 1.53. The normalized spacial score (nSPS) is 43.0. The lowest BCUT2D eigenvalue weighted by molar-refractivity contribution is -0.482. The molecule has 36 heavy (non-hydrogen) atoms. The summed E-state index contributed by atoms with van der Waals surface area (Å²) < 4.78 is 41.2. The molecular formula is C23H37N3O9S. The van der Waals surface area contributed by atoms with Crippen molar-refractivity contribution in [3.63, 3.8) is 0 Å². The number of aliphatic hydroxyl groups excluding tert-OH is 2. The number of benzene rings is 1. The van der Waals surface area contributed by atoms with E-state index >= 15 is 0 Å². The van der Waals surface area contributed by atoms with Gasteiger partial charge < -0.3 is 50.6 Å². The smallest absolute Gasteiger partial charge is 0.249 e. The fraction of sp³-hybridized carbons (Fsp3) is 0.739. The maximum absolute atomic E-state index is 11.7. The zero-order valence-corrected chi connectivity index (χ0v) is 21.6. The van der Waals surface area contributed by atoms with Crippen LogP contribution in [-0.4, -0.2) is 116 Å². The van der Waals surface area contributed by atoms with E-state index in [2.05, 4.69) is 16.0 Å². The van der Waals surface area contributed by atoms with E-state index in [4.69, 9.17) is 14.2 Å². The second kappa shape index (κ2) is 10.2. The third kappa shape index (κ3) is 4.83. The van der Waals surface area contributed by atoms with Crippen LogP contribution in [0, 0.1) is 0 Å². The molecule has 13 heteroatoms. The van der Waals surface area contributed by atoms with Gasteiger partial charge in [-0.2, -0.15) is 0 Å². The molecule has 3 fully saturated rings. The average molecular weight is 532 g/mol. The van der Waals surface area contributed by atoms with Gasteiger partial charge in [0.15, 0.2) is 9.84 Å². The van der Waals surface area contributed by atoms with Gasteiger partial charge in [-0.15, -0.1) is 0 Å². The molecule has 204 valence electrons. The molecule has 10 atom stereocenters. The number of rotatable bonds is 7. The van der Waals surface area contributed by atoms with Crippen LogP contribution in [0.2, 0.25) is 0 Å². The van der Waals surface area contributed by atoms with Crippen molar-refractivity contribution < 1.29 is 43.1 Å². The molecule has 3 aliphatic rings. The maximum atomic E-state index is 11.7. The SMILES string of the molecule is CNC1C(O)C(NC)C2OC3(O)C(OC(C)CC3(O)CNCc3ccc(S(C)(=O)=O)cc3)OC2C1O. The lowest BCUT2D eigenvalue weighted by Gasteiger charge is -2.60. The lowest BCUT2D eigenvalue weighted by atomic mass is 9.77. The highest BCUT2D eigenvalue weighted by Gasteiger charge is 2.68. The third-order valence-electron chi connectivity index (χ3n) is 7.45. The first-order valence-electron chi connectivity index (χ1n) is 12.0. The van der Waals surface area contributed by atoms with Gasteiger partial charge in [-0.25, -0.2) is 8.42 Å². The van der Waals surface area contributed by atoms with E-state index in [1.807, 2.05) is 0 Å². The predicted octanol–water partition coefficient (Wildman–Crippen LogP) is -2.57. The van der Waals surface area contributed by atoms with Crippen LogP contribution in [-0.2, 0) is 30.6 Å². The summed E-state index contributed by atoms with van der Waals surface area (Å²) in [6.07, 6.45) is -4.88. The Morgan fingerprint density at radius 2 is 1.64 bits per heavy atom. The fourth-order valence-corrected chi connectivity index (χ4v) is 6.13. The van der Waals surface area contributed by atoms with Gasteiger partial charge in [0.2, 0.25) is 12.1 Å². The Morgan fingerprint density at radius 3 is 2.22 bits per heavy atom. The van der Waals surface area contributed by atoms with Gasteiger partial charge in [-0.1, -0.05) is 12.1 Å². The van der Waals surface area contributed by atoms with Crippen LogP contribution >= 0.6 is 0 Å². The molecule has 1 aromatic carbocycles. The van der Waals surface area contributed by atoms with Gasteiger partial charge in [-0.05, 0) is 38.7 Å². The first-order chi connectivity index (χ1) is 16.8. The van der Waals surface area contributed by atoms with E-state index in [-0.39, 0.29) is 24.4 Å². The van der Waals surface area contributed by atoms with Gasteiger partial charge in [0.1, 0.15) is 23.9 Å². The highest BCUT2D eigenvalue weighted by molar-refractivity contribution is 7.90. The molecule has 2 saturated heterocycles. The van der Waals surface area contributed by atoms with E-state index in [1.54, 1.807) is 33.2 Å². The van der Waals surface area contributed by atoms with Crippen molar-refractivity contribution in [2.45, 2.75) is 85.1 Å². The Kier molecular flexibility index (Phi) is 7.84. The first kappa shape index (κ1) is 27.8. The number of hydrogen-bond donors (Lipinski definition) is 7. The molecule has 0 radical (unpaired) electrons. The number of sulfone groups is 1. The minimum atomic E-state index is -3.31. The summed E-state index contributed by atoms with van der Waals surface area (Å²) in [6, 6.07) is 4.93. The largest absolute Gasteiger partial charge is 0.390 e. The third-order valence-corrected chi connectivity index (χ3v) is 8.58. The Bertz CT molecular complexity index is 1030. The van der Waals surface area contributed by atoms with Crippen molar-refractivity contribution in [1.29, 1.82) is 0 Å². The van der Waals surface area contributed by atoms with E-state index in [0.717, 1.165) is 11.8 Å². The number of likely N-dealkylation sites (N-methyl/N-ethyl adjacent to an activating group) is 2. The minimum Gasteiger partial charge on any atom is -0.390 e. The molecule has 0 aromatic heterocycles. The molecule has 1 saturated carbocycles. The van der Waals surface area contributed by atoms with Gasteiger partial charge in [0, 0.05) is 25.8 Å². The number of hydrogen-bond acceptors (Lipinski definition) is 12. The first-order valence-corrected chi connectivity index (χ1v) is 13.9. The van der Waals surface area contributed by atoms with Crippen LogP contribution in [0.1, 0.15) is 18.9 Å². The second-order valence-electron chi connectivity index (χ2n) is 10.0. The summed E-state index contributed by atoms with van der Waals surface area (Å²) in [5.41, 5.74) is -1.07. The van der Waals surface area contributed by atoms with Crippen molar-refractivity contribution in [2.75, 3.05) is 26.9 Å². The minimum absolute atomic E-state index is 0.0230. The molecule has 2 heterocycles. The number of aliphatic hydroxyl groups is 4. The molecular weight excluding hydrogens is 494 g/mol. The highest BCUT2D eigenvalue weighted by atomic mass is 32.2. The summed E-state index contributed by atoms with van der Waals surface area (Å²) in [7, 11) is -0.0711. The van der Waals surface area contributed by atoms with Crippen molar-refractivity contribution in [2.24, 2.45) is 0 Å². The van der Waals surface area contributed by atoms with E-state index < -0.39 is 70.1 Å². The summed E-state index contributed by atoms with van der Waals surface area (Å²) in [6.45, 7) is 1.92. The maximum Gasteiger partial charge on any atom is 0.249 e. The highest BCUT2D eigenvalue weighted by Crippen LogP contribution is 2.46. The molecule has 1 aromatic rings. The molecule has 4 rings (SSSR count).